The largest absolute Gasteiger partial charge is 0.380 e. The summed E-state index contributed by atoms with van der Waals surface area (Å²) in [6, 6.07) is -0.809. The third-order valence-corrected chi connectivity index (χ3v) is 3.31. The molecule has 5 nitrogen and oxygen atoms in total. The number of hydrogen-bond donors (Lipinski definition) is 1. The number of nitrogens with one attached hydrogen (secondary N) is 1. The summed E-state index contributed by atoms with van der Waals surface area (Å²) in [5.74, 6) is 0.289. The van der Waals surface area contributed by atoms with E-state index in [1.165, 1.54) is 0 Å². The van der Waals surface area contributed by atoms with Gasteiger partial charge in [-0.05, 0) is 26.2 Å². The van der Waals surface area contributed by atoms with Crippen LogP contribution in [0.5, 0.6) is 0 Å². The highest BCUT2D eigenvalue weighted by Gasteiger charge is 2.38. The van der Waals surface area contributed by atoms with E-state index in [0.717, 1.165) is 0 Å². The molecule has 0 radical (unpaired) electrons. The molecule has 0 bridgehead atoms. The van der Waals surface area contributed by atoms with Crippen molar-refractivity contribution in [3.05, 3.63) is 0 Å². The molecule has 5 heteroatoms. The Kier molecular flexibility index (Phi) is 5.14. The van der Waals surface area contributed by atoms with Crippen molar-refractivity contribution >= 4 is 11.8 Å². The van der Waals surface area contributed by atoms with E-state index < -0.39 is 12.1 Å². The molecule has 3 atom stereocenters. The number of rotatable bonds is 5. The van der Waals surface area contributed by atoms with Gasteiger partial charge >= 0.3 is 0 Å². The molecule has 0 saturated carbocycles. The van der Waals surface area contributed by atoms with E-state index >= 15 is 0 Å². The third-order valence-electron chi connectivity index (χ3n) is 3.31. The van der Waals surface area contributed by atoms with Crippen molar-refractivity contribution in [3.63, 3.8) is 0 Å². The third kappa shape index (κ3) is 3.45. The van der Waals surface area contributed by atoms with Gasteiger partial charge in [0.1, 0.15) is 12.1 Å². The van der Waals surface area contributed by atoms with Crippen molar-refractivity contribution in [1.29, 1.82) is 0 Å². The van der Waals surface area contributed by atoms with Crippen molar-refractivity contribution in [2.75, 3.05) is 13.7 Å². The zero-order valence-corrected chi connectivity index (χ0v) is 11.9. The van der Waals surface area contributed by atoms with Crippen molar-refractivity contribution < 1.29 is 14.3 Å². The van der Waals surface area contributed by atoms with Gasteiger partial charge in [0.25, 0.3) is 0 Å². The van der Waals surface area contributed by atoms with Gasteiger partial charge in [0.2, 0.25) is 11.8 Å². The number of methoxy groups -OCH3 is 1. The molecular formula is C13H24N2O3. The maximum absolute atomic E-state index is 12.3. The Morgan fingerprint density at radius 1 is 1.33 bits per heavy atom. The van der Waals surface area contributed by atoms with E-state index in [0.29, 0.717) is 18.9 Å². The van der Waals surface area contributed by atoms with Crippen LogP contribution in [0.2, 0.25) is 0 Å². The Balaban J connectivity index is 2.78. The average molecular weight is 256 g/mol. The standard InChI is InChI=1S/C13H24N2O3/c1-8(2)6-11-13(17)15(7-9(3)18-5)10(4)12(16)14-11/h8-11H,6-7H2,1-5H3,(H,14,16). The maximum Gasteiger partial charge on any atom is 0.245 e. The van der Waals surface area contributed by atoms with Crippen LogP contribution in [0.15, 0.2) is 0 Å². The number of hydrogen-bond acceptors (Lipinski definition) is 3. The molecule has 0 spiro atoms. The van der Waals surface area contributed by atoms with E-state index in [-0.39, 0.29) is 17.9 Å². The average Bonchev–Trinajstić information content (AvgIpc) is 2.30. The van der Waals surface area contributed by atoms with Crippen molar-refractivity contribution in [2.45, 2.75) is 52.3 Å². The highest BCUT2D eigenvalue weighted by molar-refractivity contribution is 5.96. The molecule has 1 fully saturated rings. The second-order valence-corrected chi connectivity index (χ2v) is 5.40. The van der Waals surface area contributed by atoms with E-state index in [9.17, 15) is 9.59 Å². The van der Waals surface area contributed by atoms with Crippen LogP contribution in [0.4, 0.5) is 0 Å². The lowest BCUT2D eigenvalue weighted by Gasteiger charge is -2.38. The molecule has 18 heavy (non-hydrogen) atoms. The normalized spacial score (nSPS) is 26.4. The highest BCUT2D eigenvalue weighted by Crippen LogP contribution is 2.16. The lowest BCUT2D eigenvalue weighted by atomic mass is 9.98. The molecule has 0 aromatic rings. The Morgan fingerprint density at radius 3 is 2.44 bits per heavy atom. The summed E-state index contributed by atoms with van der Waals surface area (Å²) in [6.45, 7) is 8.18. The summed E-state index contributed by atoms with van der Waals surface area (Å²) >= 11 is 0. The molecule has 104 valence electrons. The van der Waals surface area contributed by atoms with Crippen LogP contribution < -0.4 is 5.32 Å². The number of piperazine rings is 1. The molecule has 0 aliphatic carbocycles. The van der Waals surface area contributed by atoms with Crippen LogP contribution in [0.25, 0.3) is 0 Å². The number of carbonyl (C=O) groups excluding carboxylic acids is 2. The van der Waals surface area contributed by atoms with Crippen LogP contribution in [0.3, 0.4) is 0 Å². The molecule has 1 saturated heterocycles. The van der Waals surface area contributed by atoms with Crippen LogP contribution in [-0.4, -0.2) is 48.6 Å². The van der Waals surface area contributed by atoms with Crippen molar-refractivity contribution in [3.8, 4) is 0 Å². The Labute approximate surface area is 109 Å². The summed E-state index contributed by atoms with van der Waals surface area (Å²) in [7, 11) is 1.61. The monoisotopic (exact) mass is 256 g/mol. The number of nitrogens with zero attached hydrogens (tertiary/aromatic N) is 1. The fraction of sp³-hybridized carbons (Fsp3) is 0.846. The molecule has 1 N–H and O–H groups in total. The fourth-order valence-corrected chi connectivity index (χ4v) is 2.12. The number of ether oxygens (including phenoxy) is 1. The zero-order chi connectivity index (χ0) is 13.9. The minimum atomic E-state index is -0.418. The Morgan fingerprint density at radius 2 is 1.94 bits per heavy atom. The van der Waals surface area contributed by atoms with Gasteiger partial charge in [-0.15, -0.1) is 0 Å². The Hall–Kier alpha value is -1.10. The van der Waals surface area contributed by atoms with Crippen LogP contribution in [0, 0.1) is 5.92 Å². The van der Waals surface area contributed by atoms with Crippen molar-refractivity contribution in [1.82, 2.24) is 10.2 Å². The minimum absolute atomic E-state index is 0.000278. The first-order valence-electron chi connectivity index (χ1n) is 6.50. The molecule has 1 aliphatic heterocycles. The van der Waals surface area contributed by atoms with Gasteiger partial charge in [-0.25, -0.2) is 0 Å². The SMILES string of the molecule is COC(C)CN1C(=O)C(CC(C)C)NC(=O)C1C. The first-order valence-corrected chi connectivity index (χ1v) is 6.50. The zero-order valence-electron chi connectivity index (χ0n) is 11.9. The van der Waals surface area contributed by atoms with Gasteiger partial charge in [0, 0.05) is 13.7 Å². The van der Waals surface area contributed by atoms with Gasteiger partial charge in [-0.3, -0.25) is 9.59 Å². The van der Waals surface area contributed by atoms with Crippen molar-refractivity contribution in [2.24, 2.45) is 5.92 Å². The quantitative estimate of drug-likeness (QED) is 0.791. The molecule has 3 unspecified atom stereocenters. The lowest BCUT2D eigenvalue weighted by Crippen LogP contribution is -2.63. The first-order chi connectivity index (χ1) is 8.36. The smallest absolute Gasteiger partial charge is 0.245 e. The number of carbonyl (C=O) groups is 2. The minimum Gasteiger partial charge on any atom is -0.380 e. The topological polar surface area (TPSA) is 58.6 Å². The molecule has 0 aromatic carbocycles. The van der Waals surface area contributed by atoms with Gasteiger partial charge in [0.15, 0.2) is 0 Å². The predicted octanol–water partition coefficient (Wildman–Crippen LogP) is 0.783. The molecule has 1 aliphatic rings. The van der Waals surface area contributed by atoms with E-state index in [4.69, 9.17) is 4.74 Å². The highest BCUT2D eigenvalue weighted by atomic mass is 16.5. The van der Waals surface area contributed by atoms with E-state index in [1.54, 1.807) is 18.9 Å². The summed E-state index contributed by atoms with van der Waals surface area (Å²) in [4.78, 5) is 25.8. The second kappa shape index (κ2) is 6.18. The van der Waals surface area contributed by atoms with Gasteiger partial charge in [0.05, 0.1) is 6.10 Å². The lowest BCUT2D eigenvalue weighted by molar-refractivity contribution is -0.150. The predicted molar refractivity (Wildman–Crippen MR) is 69.0 cm³/mol. The van der Waals surface area contributed by atoms with Gasteiger partial charge in [-0.1, -0.05) is 13.8 Å². The molecule has 2 amide bonds. The molecule has 1 heterocycles. The summed E-state index contributed by atoms with van der Waals surface area (Å²) < 4.78 is 5.18. The van der Waals surface area contributed by atoms with Gasteiger partial charge in [-0.2, -0.15) is 0 Å². The molecular weight excluding hydrogens is 232 g/mol. The summed E-state index contributed by atoms with van der Waals surface area (Å²) in [5, 5.41) is 2.80. The molecule has 1 rings (SSSR count). The van der Waals surface area contributed by atoms with Crippen LogP contribution in [0.1, 0.15) is 34.1 Å². The first kappa shape index (κ1) is 15.0. The van der Waals surface area contributed by atoms with E-state index in [1.807, 2.05) is 20.8 Å². The van der Waals surface area contributed by atoms with Crippen LogP contribution in [-0.2, 0) is 14.3 Å². The number of amides is 2. The maximum atomic E-state index is 12.3. The molecule has 0 aromatic heterocycles. The van der Waals surface area contributed by atoms with Gasteiger partial charge < -0.3 is 15.0 Å². The van der Waals surface area contributed by atoms with E-state index in [2.05, 4.69) is 5.32 Å². The fourth-order valence-electron chi connectivity index (χ4n) is 2.12. The van der Waals surface area contributed by atoms with Crippen LogP contribution >= 0.6 is 0 Å². The Bertz CT molecular complexity index is 317. The summed E-state index contributed by atoms with van der Waals surface area (Å²) in [6.07, 6.45) is 0.608. The summed E-state index contributed by atoms with van der Waals surface area (Å²) in [5.41, 5.74) is 0. The second-order valence-electron chi connectivity index (χ2n) is 5.40.